The molecular formula is C38H53NO5. The Morgan fingerprint density at radius 3 is 2.50 bits per heavy atom. The van der Waals surface area contributed by atoms with E-state index in [0.29, 0.717) is 43.1 Å². The smallest absolute Gasteiger partial charge is 0.306 e. The summed E-state index contributed by atoms with van der Waals surface area (Å²) < 4.78 is 12.2. The van der Waals surface area contributed by atoms with Crippen LogP contribution in [0.4, 0.5) is 0 Å². The zero-order valence-corrected chi connectivity index (χ0v) is 27.4. The molecule has 6 heteroatoms. The minimum Gasteiger partial charge on any atom is -0.462 e. The van der Waals surface area contributed by atoms with Gasteiger partial charge in [0.2, 0.25) is 5.91 Å². The van der Waals surface area contributed by atoms with Crippen molar-refractivity contribution in [3.05, 3.63) is 47.5 Å². The van der Waals surface area contributed by atoms with Gasteiger partial charge < -0.3 is 14.8 Å². The highest BCUT2D eigenvalue weighted by Gasteiger charge is 2.60. The summed E-state index contributed by atoms with van der Waals surface area (Å²) in [6.45, 7) is 10.3. The first-order chi connectivity index (χ1) is 20.9. The lowest BCUT2D eigenvalue weighted by Gasteiger charge is -2.57. The lowest BCUT2D eigenvalue weighted by Crippen LogP contribution is -2.51. The average molecular weight is 604 g/mol. The third-order valence-corrected chi connectivity index (χ3v) is 12.9. The van der Waals surface area contributed by atoms with Crippen LogP contribution >= 0.6 is 0 Å². The Morgan fingerprint density at radius 2 is 1.73 bits per heavy atom. The van der Waals surface area contributed by atoms with E-state index < -0.39 is 0 Å². The molecular weight excluding hydrogens is 550 g/mol. The number of carbonyl (C=O) groups is 3. The van der Waals surface area contributed by atoms with Gasteiger partial charge in [-0.2, -0.15) is 0 Å². The van der Waals surface area contributed by atoms with E-state index in [9.17, 15) is 14.4 Å². The number of amides is 1. The van der Waals surface area contributed by atoms with Gasteiger partial charge in [0, 0.05) is 36.8 Å². The summed E-state index contributed by atoms with van der Waals surface area (Å²) in [5, 5.41) is 3.10. The molecule has 1 saturated heterocycles. The van der Waals surface area contributed by atoms with Crippen molar-refractivity contribution in [1.82, 2.24) is 5.32 Å². The number of rotatable bonds is 8. The third-order valence-electron chi connectivity index (χ3n) is 12.9. The first-order valence-corrected chi connectivity index (χ1v) is 17.3. The van der Waals surface area contributed by atoms with Crippen molar-refractivity contribution in [1.29, 1.82) is 0 Å². The van der Waals surface area contributed by atoms with Crippen molar-refractivity contribution < 1.29 is 23.9 Å². The maximum absolute atomic E-state index is 13.0. The van der Waals surface area contributed by atoms with Crippen LogP contribution in [0.3, 0.4) is 0 Å². The van der Waals surface area contributed by atoms with Crippen LogP contribution in [0.5, 0.6) is 0 Å². The highest BCUT2D eigenvalue weighted by molar-refractivity contribution is 5.91. The molecule has 1 N–H and O–H groups in total. The minimum atomic E-state index is -0.243. The first-order valence-electron chi connectivity index (χ1n) is 17.3. The molecule has 0 unspecified atom stereocenters. The van der Waals surface area contributed by atoms with Crippen LogP contribution < -0.4 is 5.32 Å². The highest BCUT2D eigenvalue weighted by atomic mass is 16.5. The monoisotopic (exact) mass is 603 g/mol. The van der Waals surface area contributed by atoms with Crippen molar-refractivity contribution in [2.75, 3.05) is 13.2 Å². The number of carbonyl (C=O) groups excluding carboxylic acids is 3. The second kappa shape index (κ2) is 12.0. The Balaban J connectivity index is 0.996. The molecule has 1 heterocycles. The predicted octanol–water partition coefficient (Wildman–Crippen LogP) is 7.24. The number of hydrogen-bond donors (Lipinski definition) is 1. The fraction of sp³-hybridized carbons (Fsp3) is 0.711. The largest absolute Gasteiger partial charge is 0.462 e. The van der Waals surface area contributed by atoms with E-state index in [2.05, 4.69) is 57.3 Å². The zero-order valence-electron chi connectivity index (χ0n) is 27.4. The minimum absolute atomic E-state index is 0.00436. The van der Waals surface area contributed by atoms with Gasteiger partial charge in [0.25, 0.3) is 0 Å². The van der Waals surface area contributed by atoms with E-state index in [1.54, 1.807) is 0 Å². The maximum atomic E-state index is 13.0. The van der Waals surface area contributed by atoms with Crippen LogP contribution in [-0.4, -0.2) is 42.5 Å². The molecule has 6 nitrogen and oxygen atoms in total. The molecule has 1 amide bonds. The lowest BCUT2D eigenvalue weighted by molar-refractivity contribution is -0.160. The standard InChI is InChI=1S/C38H53NO5/c1-35(2)25-38(21-23-43-35,26-8-6-5-7-9-26)20-22-39-33(41)14-15-34(42)44-32-13-12-30-29-11-10-27-24-28(40)16-18-36(27,3)31(29)17-19-37(30,32)4/h5-9,24,29-32H,10-23,25H2,1-4H3,(H,39,41)/t29-,30-,31-,32-,36+,37+,38-/m1/s1. The zero-order chi connectivity index (χ0) is 31.2. The number of fused-ring (bicyclic) bond motifs is 5. The summed E-state index contributed by atoms with van der Waals surface area (Å²) >= 11 is 0. The molecule has 0 bridgehead atoms. The number of ketones is 1. The Morgan fingerprint density at radius 1 is 0.932 bits per heavy atom. The van der Waals surface area contributed by atoms with Gasteiger partial charge in [-0.25, -0.2) is 0 Å². The summed E-state index contributed by atoms with van der Waals surface area (Å²) in [6, 6.07) is 10.6. The second-order valence-corrected chi connectivity index (χ2v) is 15.9. The van der Waals surface area contributed by atoms with Crippen molar-refractivity contribution in [2.24, 2.45) is 28.6 Å². The molecule has 0 radical (unpaired) electrons. The average Bonchev–Trinajstić information content (AvgIpc) is 3.32. The lowest BCUT2D eigenvalue weighted by atomic mass is 9.47. The fourth-order valence-electron chi connectivity index (χ4n) is 10.5. The summed E-state index contributed by atoms with van der Waals surface area (Å²) in [4.78, 5) is 38.0. The van der Waals surface area contributed by atoms with Gasteiger partial charge in [-0.1, -0.05) is 49.8 Å². The second-order valence-electron chi connectivity index (χ2n) is 15.9. The Bertz CT molecular complexity index is 1290. The van der Waals surface area contributed by atoms with Gasteiger partial charge in [0.05, 0.1) is 12.0 Å². The van der Waals surface area contributed by atoms with Gasteiger partial charge >= 0.3 is 5.97 Å². The van der Waals surface area contributed by atoms with E-state index in [-0.39, 0.29) is 52.7 Å². The first kappa shape index (κ1) is 31.5. The van der Waals surface area contributed by atoms with Crippen molar-refractivity contribution in [2.45, 2.75) is 128 Å². The molecule has 44 heavy (non-hydrogen) atoms. The molecule has 4 fully saturated rings. The molecule has 0 spiro atoms. The van der Waals surface area contributed by atoms with Crippen LogP contribution in [0.1, 0.15) is 117 Å². The van der Waals surface area contributed by atoms with E-state index in [0.717, 1.165) is 64.2 Å². The van der Waals surface area contributed by atoms with Gasteiger partial charge in [-0.15, -0.1) is 0 Å². The predicted molar refractivity (Wildman–Crippen MR) is 171 cm³/mol. The Kier molecular flexibility index (Phi) is 8.62. The molecule has 4 aliphatic carbocycles. The molecule has 5 aliphatic rings. The molecule has 7 atom stereocenters. The van der Waals surface area contributed by atoms with Crippen LogP contribution in [0.25, 0.3) is 0 Å². The number of hydrogen-bond acceptors (Lipinski definition) is 5. The van der Waals surface area contributed by atoms with E-state index in [4.69, 9.17) is 9.47 Å². The van der Waals surface area contributed by atoms with Crippen LogP contribution in [0.2, 0.25) is 0 Å². The summed E-state index contributed by atoms with van der Waals surface area (Å²) in [5.74, 6) is 1.80. The maximum Gasteiger partial charge on any atom is 0.306 e. The SMILES string of the molecule is CC1(C)C[C@](CCNC(=O)CCC(=O)O[C@@H]2CC[C@@H]3[C@H]4CCC5=CC(=O)CC[C@]5(C)[C@@H]4CC[C@@]32C)(c2ccccc2)CCO1. The molecule has 0 aromatic heterocycles. The normalized spacial score (nSPS) is 37.6. The molecule has 1 aliphatic heterocycles. The van der Waals surface area contributed by atoms with Crippen LogP contribution in [0.15, 0.2) is 42.0 Å². The topological polar surface area (TPSA) is 81.7 Å². The van der Waals surface area contributed by atoms with E-state index >= 15 is 0 Å². The number of esters is 1. The van der Waals surface area contributed by atoms with Gasteiger partial charge in [0.1, 0.15) is 6.10 Å². The number of ether oxygens (including phenoxy) is 2. The fourth-order valence-corrected chi connectivity index (χ4v) is 10.5. The van der Waals surface area contributed by atoms with E-state index in [1.807, 2.05) is 12.1 Å². The van der Waals surface area contributed by atoms with Gasteiger partial charge in [0.15, 0.2) is 5.78 Å². The van der Waals surface area contributed by atoms with Crippen LogP contribution in [0, 0.1) is 28.6 Å². The van der Waals surface area contributed by atoms with E-state index in [1.165, 1.54) is 11.1 Å². The molecule has 240 valence electrons. The Labute approximate surface area is 264 Å². The molecule has 1 aromatic rings. The number of benzene rings is 1. The van der Waals surface area contributed by atoms with Gasteiger partial charge in [-0.3, -0.25) is 14.4 Å². The highest BCUT2D eigenvalue weighted by Crippen LogP contribution is 2.65. The van der Waals surface area contributed by atoms with Crippen molar-refractivity contribution in [3.8, 4) is 0 Å². The molecule has 6 rings (SSSR count). The molecule has 1 aromatic carbocycles. The summed E-state index contributed by atoms with van der Waals surface area (Å²) in [6.07, 6.45) is 13.0. The summed E-state index contributed by atoms with van der Waals surface area (Å²) in [5.41, 5.74) is 2.61. The van der Waals surface area contributed by atoms with Crippen molar-refractivity contribution in [3.63, 3.8) is 0 Å². The number of allylic oxidation sites excluding steroid dienone is 1. The quantitative estimate of drug-likeness (QED) is 0.317. The van der Waals surface area contributed by atoms with Gasteiger partial charge in [-0.05, 0) is 113 Å². The Hall–Kier alpha value is -2.47. The summed E-state index contributed by atoms with van der Waals surface area (Å²) in [7, 11) is 0. The third kappa shape index (κ3) is 5.92. The molecule has 3 saturated carbocycles. The van der Waals surface area contributed by atoms with Crippen LogP contribution in [-0.2, 0) is 29.3 Å². The number of nitrogens with one attached hydrogen (secondary N) is 1. The van der Waals surface area contributed by atoms with Crippen molar-refractivity contribution >= 4 is 17.7 Å².